The first-order valence-corrected chi connectivity index (χ1v) is 5.50. The molecule has 0 atom stereocenters. The molecule has 1 fully saturated rings. The lowest BCUT2D eigenvalue weighted by molar-refractivity contribution is -0.116. The van der Waals surface area contributed by atoms with E-state index in [9.17, 15) is 4.79 Å². The molecule has 4 nitrogen and oxygen atoms in total. The highest BCUT2D eigenvalue weighted by atomic mass is 16.2. The molecule has 4 heteroatoms. The van der Waals surface area contributed by atoms with Gasteiger partial charge in [-0.1, -0.05) is 0 Å². The predicted molar refractivity (Wildman–Crippen MR) is 63.1 cm³/mol. The summed E-state index contributed by atoms with van der Waals surface area (Å²) in [6.07, 6.45) is 2.85. The van der Waals surface area contributed by atoms with E-state index >= 15 is 0 Å². The maximum absolute atomic E-state index is 11.8. The first-order chi connectivity index (χ1) is 7.74. The van der Waals surface area contributed by atoms with Crippen molar-refractivity contribution in [2.75, 3.05) is 10.7 Å². The van der Waals surface area contributed by atoms with Crippen molar-refractivity contribution in [2.45, 2.75) is 19.3 Å². The number of rotatable bonds is 2. The molecule has 3 rings (SSSR count). The zero-order valence-corrected chi connectivity index (χ0v) is 8.89. The molecule has 0 radical (unpaired) electrons. The third-order valence-corrected chi connectivity index (χ3v) is 2.98. The number of carbonyl (C=O) groups is 1. The fourth-order valence-corrected chi connectivity index (χ4v) is 1.91. The largest absolute Gasteiger partial charge is 0.399 e. The van der Waals surface area contributed by atoms with Crippen molar-refractivity contribution in [3.05, 3.63) is 24.3 Å². The van der Waals surface area contributed by atoms with Gasteiger partial charge in [-0.25, -0.2) is 5.01 Å². The third kappa shape index (κ3) is 1.56. The average Bonchev–Trinajstić information content (AvgIpc) is 3.04. The van der Waals surface area contributed by atoms with Crippen LogP contribution in [0.15, 0.2) is 29.4 Å². The van der Waals surface area contributed by atoms with Gasteiger partial charge in [-0.15, -0.1) is 0 Å². The summed E-state index contributed by atoms with van der Waals surface area (Å²) in [5.41, 5.74) is 8.15. The summed E-state index contributed by atoms with van der Waals surface area (Å²) in [7, 11) is 0. The summed E-state index contributed by atoms with van der Waals surface area (Å²) >= 11 is 0. The van der Waals surface area contributed by atoms with E-state index in [0.29, 0.717) is 18.0 Å². The van der Waals surface area contributed by atoms with E-state index in [0.717, 1.165) is 11.4 Å². The fraction of sp³-hybridized carbons (Fsp3) is 0.333. The number of amides is 1. The second kappa shape index (κ2) is 3.33. The number of nitrogens with two attached hydrogens (primary N) is 1. The van der Waals surface area contributed by atoms with E-state index in [1.165, 1.54) is 17.9 Å². The van der Waals surface area contributed by atoms with Crippen molar-refractivity contribution in [3.8, 4) is 0 Å². The summed E-state index contributed by atoms with van der Waals surface area (Å²) in [6.45, 7) is 0. The van der Waals surface area contributed by atoms with Crippen molar-refractivity contribution in [2.24, 2.45) is 11.0 Å². The van der Waals surface area contributed by atoms with Gasteiger partial charge < -0.3 is 5.73 Å². The molecule has 1 saturated carbocycles. The number of anilines is 2. The average molecular weight is 215 g/mol. The maximum Gasteiger partial charge on any atom is 0.253 e. The second-order valence-corrected chi connectivity index (χ2v) is 4.34. The van der Waals surface area contributed by atoms with Crippen LogP contribution in [0.1, 0.15) is 19.3 Å². The maximum atomic E-state index is 11.8. The molecule has 0 saturated heterocycles. The lowest BCUT2D eigenvalue weighted by atomic mass is 10.2. The molecule has 82 valence electrons. The van der Waals surface area contributed by atoms with Crippen LogP contribution in [0.3, 0.4) is 0 Å². The van der Waals surface area contributed by atoms with E-state index in [-0.39, 0.29) is 5.91 Å². The van der Waals surface area contributed by atoms with E-state index in [4.69, 9.17) is 5.73 Å². The van der Waals surface area contributed by atoms with Crippen LogP contribution < -0.4 is 10.7 Å². The smallest absolute Gasteiger partial charge is 0.253 e. The van der Waals surface area contributed by atoms with Crippen LogP contribution in [0.2, 0.25) is 0 Å². The summed E-state index contributed by atoms with van der Waals surface area (Å²) in [4.78, 5) is 11.8. The van der Waals surface area contributed by atoms with Crippen LogP contribution in [0.4, 0.5) is 11.4 Å². The van der Waals surface area contributed by atoms with Crippen LogP contribution in [0, 0.1) is 5.92 Å². The van der Waals surface area contributed by atoms with Gasteiger partial charge in [-0.2, -0.15) is 5.10 Å². The summed E-state index contributed by atoms with van der Waals surface area (Å²) in [5, 5.41) is 5.88. The minimum atomic E-state index is 0.0617. The molecule has 2 aliphatic rings. The molecule has 0 unspecified atom stereocenters. The highest BCUT2D eigenvalue weighted by molar-refractivity contribution is 6.14. The van der Waals surface area contributed by atoms with Gasteiger partial charge in [-0.05, 0) is 43.0 Å². The molecule has 1 amide bonds. The highest BCUT2D eigenvalue weighted by Crippen LogP contribution is 2.35. The Kier molecular flexibility index (Phi) is 1.96. The quantitative estimate of drug-likeness (QED) is 0.764. The first kappa shape index (κ1) is 9.39. The predicted octanol–water partition coefficient (Wildman–Crippen LogP) is 1.77. The number of nitrogens with zero attached hydrogens (tertiary/aromatic N) is 2. The molecule has 2 N–H and O–H groups in total. The number of carbonyl (C=O) groups excluding carboxylic acids is 1. The summed E-state index contributed by atoms with van der Waals surface area (Å²) in [6, 6.07) is 7.22. The molecular weight excluding hydrogens is 202 g/mol. The molecule has 0 spiro atoms. The molecule has 1 aliphatic heterocycles. The number of hydrogen-bond acceptors (Lipinski definition) is 3. The SMILES string of the molecule is Nc1ccc(N2N=C(C3CC3)CC2=O)cc1. The Morgan fingerprint density at radius 2 is 1.94 bits per heavy atom. The Labute approximate surface area is 93.7 Å². The van der Waals surface area contributed by atoms with Crippen LogP contribution in [-0.2, 0) is 4.79 Å². The Balaban J connectivity index is 1.88. The summed E-state index contributed by atoms with van der Waals surface area (Å²) < 4.78 is 0. The Hall–Kier alpha value is -1.84. The minimum Gasteiger partial charge on any atom is -0.399 e. The molecule has 1 heterocycles. The van der Waals surface area contributed by atoms with Gasteiger partial charge in [0.25, 0.3) is 5.91 Å². The Morgan fingerprint density at radius 1 is 1.25 bits per heavy atom. The zero-order chi connectivity index (χ0) is 11.1. The van der Waals surface area contributed by atoms with Crippen LogP contribution in [-0.4, -0.2) is 11.6 Å². The van der Waals surface area contributed by atoms with Crippen molar-refractivity contribution >= 4 is 23.0 Å². The standard InChI is InChI=1S/C12H13N3O/c13-9-3-5-10(6-4-9)15-12(16)7-11(14-15)8-1-2-8/h3-6,8H,1-2,7,13H2. The highest BCUT2D eigenvalue weighted by Gasteiger charge is 2.35. The van der Waals surface area contributed by atoms with E-state index in [1.807, 2.05) is 12.1 Å². The molecule has 0 bridgehead atoms. The molecule has 1 aromatic rings. The fourth-order valence-electron chi connectivity index (χ4n) is 1.91. The van der Waals surface area contributed by atoms with E-state index in [2.05, 4.69) is 5.10 Å². The Morgan fingerprint density at radius 3 is 2.56 bits per heavy atom. The van der Waals surface area contributed by atoms with Crippen molar-refractivity contribution in [1.29, 1.82) is 0 Å². The van der Waals surface area contributed by atoms with Gasteiger partial charge in [0.05, 0.1) is 17.8 Å². The minimum absolute atomic E-state index is 0.0617. The van der Waals surface area contributed by atoms with Gasteiger partial charge in [0.2, 0.25) is 0 Å². The van der Waals surface area contributed by atoms with Crippen molar-refractivity contribution < 1.29 is 4.79 Å². The van der Waals surface area contributed by atoms with Gasteiger partial charge in [0.1, 0.15) is 0 Å². The Bertz CT molecular complexity index is 460. The zero-order valence-electron chi connectivity index (χ0n) is 8.89. The molecular formula is C12H13N3O. The second-order valence-electron chi connectivity index (χ2n) is 4.34. The number of benzene rings is 1. The first-order valence-electron chi connectivity index (χ1n) is 5.50. The van der Waals surface area contributed by atoms with Crippen LogP contribution in [0.25, 0.3) is 0 Å². The van der Waals surface area contributed by atoms with E-state index < -0.39 is 0 Å². The monoisotopic (exact) mass is 215 g/mol. The lowest BCUT2D eigenvalue weighted by Gasteiger charge is -2.11. The lowest BCUT2D eigenvalue weighted by Crippen LogP contribution is -2.19. The molecule has 0 aromatic heterocycles. The number of hydrazone groups is 1. The van der Waals surface area contributed by atoms with Crippen molar-refractivity contribution in [1.82, 2.24) is 0 Å². The van der Waals surface area contributed by atoms with Crippen molar-refractivity contribution in [3.63, 3.8) is 0 Å². The molecule has 1 aliphatic carbocycles. The van der Waals surface area contributed by atoms with Crippen LogP contribution >= 0.6 is 0 Å². The van der Waals surface area contributed by atoms with Gasteiger partial charge in [0.15, 0.2) is 0 Å². The van der Waals surface area contributed by atoms with Gasteiger partial charge in [-0.3, -0.25) is 4.79 Å². The number of nitrogen functional groups attached to an aromatic ring is 1. The topological polar surface area (TPSA) is 58.7 Å². The third-order valence-electron chi connectivity index (χ3n) is 2.98. The van der Waals surface area contributed by atoms with Gasteiger partial charge in [0, 0.05) is 5.69 Å². The van der Waals surface area contributed by atoms with Gasteiger partial charge >= 0.3 is 0 Å². The summed E-state index contributed by atoms with van der Waals surface area (Å²) in [5.74, 6) is 0.620. The number of hydrogen-bond donors (Lipinski definition) is 1. The van der Waals surface area contributed by atoms with E-state index in [1.54, 1.807) is 12.1 Å². The molecule has 16 heavy (non-hydrogen) atoms. The normalized spacial score (nSPS) is 20.1. The van der Waals surface area contributed by atoms with Crippen LogP contribution in [0.5, 0.6) is 0 Å². The molecule has 1 aromatic carbocycles.